The molecule has 1 unspecified atom stereocenters. The number of hydrogen-bond acceptors (Lipinski definition) is 6. The molecular weight excluding hydrogens is 332 g/mol. The normalized spacial score (nSPS) is 23.0. The monoisotopic (exact) mass is 354 g/mol. The smallest absolute Gasteiger partial charge is 0.227 e. The van der Waals surface area contributed by atoms with Crippen molar-refractivity contribution in [3.8, 4) is 6.07 Å². The maximum absolute atomic E-state index is 12.3. The van der Waals surface area contributed by atoms with Gasteiger partial charge in [0.25, 0.3) is 0 Å². The number of anilines is 1. The van der Waals surface area contributed by atoms with Gasteiger partial charge in [-0.2, -0.15) is 5.26 Å². The first-order valence-corrected chi connectivity index (χ1v) is 9.01. The summed E-state index contributed by atoms with van der Waals surface area (Å²) >= 11 is 0. The Morgan fingerprint density at radius 3 is 2.62 bits per heavy atom. The quantitative estimate of drug-likeness (QED) is 0.775. The van der Waals surface area contributed by atoms with Crippen LogP contribution in [0.2, 0.25) is 0 Å². The predicted octanol–water partition coefficient (Wildman–Crippen LogP) is 0.351. The van der Waals surface area contributed by atoms with E-state index in [1.165, 1.54) is 0 Å². The molecule has 3 fully saturated rings. The summed E-state index contributed by atoms with van der Waals surface area (Å²) in [7, 11) is 3.44. The number of likely N-dealkylation sites (tertiary alicyclic amines) is 1. The zero-order valence-corrected chi connectivity index (χ0v) is 15.1. The molecule has 26 heavy (non-hydrogen) atoms. The van der Waals surface area contributed by atoms with Crippen molar-refractivity contribution in [2.24, 2.45) is 5.92 Å². The van der Waals surface area contributed by atoms with E-state index < -0.39 is 0 Å². The first-order valence-electron chi connectivity index (χ1n) is 9.01. The minimum absolute atomic E-state index is 0.0144. The van der Waals surface area contributed by atoms with E-state index in [2.05, 4.69) is 20.9 Å². The van der Waals surface area contributed by atoms with E-state index >= 15 is 0 Å². The number of rotatable bonds is 4. The second kappa shape index (κ2) is 6.24. The SMILES string of the molecule is CN(C)C(=O)C1CC(=O)N(C2CN(c3cc(C#N)nc(C4CC4)n3)C2)C1. The number of hydrogen-bond donors (Lipinski definition) is 0. The number of nitriles is 1. The first-order chi connectivity index (χ1) is 12.5. The molecule has 1 aromatic heterocycles. The highest BCUT2D eigenvalue weighted by atomic mass is 16.2. The highest BCUT2D eigenvalue weighted by Gasteiger charge is 2.43. The molecule has 2 aliphatic heterocycles. The van der Waals surface area contributed by atoms with Gasteiger partial charge in [0.2, 0.25) is 11.8 Å². The van der Waals surface area contributed by atoms with Gasteiger partial charge in [-0.1, -0.05) is 0 Å². The van der Waals surface area contributed by atoms with Crippen LogP contribution in [-0.4, -0.2) is 71.4 Å². The number of carbonyl (C=O) groups excluding carboxylic acids is 2. The van der Waals surface area contributed by atoms with Crippen LogP contribution in [0.15, 0.2) is 6.07 Å². The van der Waals surface area contributed by atoms with Gasteiger partial charge < -0.3 is 14.7 Å². The van der Waals surface area contributed by atoms with Gasteiger partial charge >= 0.3 is 0 Å². The molecule has 1 saturated carbocycles. The van der Waals surface area contributed by atoms with Gasteiger partial charge in [-0.3, -0.25) is 9.59 Å². The van der Waals surface area contributed by atoms with E-state index in [0.29, 0.717) is 37.7 Å². The molecule has 1 aromatic rings. The molecule has 2 amide bonds. The lowest BCUT2D eigenvalue weighted by Crippen LogP contribution is -2.60. The highest BCUT2D eigenvalue weighted by Crippen LogP contribution is 2.39. The minimum atomic E-state index is -0.239. The van der Waals surface area contributed by atoms with Crippen LogP contribution in [0.5, 0.6) is 0 Å². The molecule has 0 aromatic carbocycles. The lowest BCUT2D eigenvalue weighted by Gasteiger charge is -2.44. The van der Waals surface area contributed by atoms with Crippen molar-refractivity contribution in [2.75, 3.05) is 38.6 Å². The average molecular weight is 354 g/mol. The van der Waals surface area contributed by atoms with Crippen LogP contribution in [0, 0.1) is 17.2 Å². The van der Waals surface area contributed by atoms with Crippen LogP contribution < -0.4 is 4.90 Å². The summed E-state index contributed by atoms with van der Waals surface area (Å²) in [4.78, 5) is 38.8. The molecule has 3 heterocycles. The van der Waals surface area contributed by atoms with Crippen molar-refractivity contribution in [2.45, 2.75) is 31.2 Å². The molecule has 3 aliphatic rings. The lowest BCUT2D eigenvalue weighted by molar-refractivity contribution is -0.133. The molecule has 1 aliphatic carbocycles. The van der Waals surface area contributed by atoms with Crippen LogP contribution in [0.3, 0.4) is 0 Å². The fourth-order valence-corrected chi connectivity index (χ4v) is 3.65. The molecule has 0 bridgehead atoms. The van der Waals surface area contributed by atoms with E-state index in [9.17, 15) is 14.9 Å². The van der Waals surface area contributed by atoms with Crippen LogP contribution >= 0.6 is 0 Å². The van der Waals surface area contributed by atoms with Gasteiger partial charge in [0.05, 0.1) is 12.0 Å². The first kappa shape index (κ1) is 16.8. The summed E-state index contributed by atoms with van der Waals surface area (Å²) < 4.78 is 0. The maximum atomic E-state index is 12.3. The summed E-state index contributed by atoms with van der Waals surface area (Å²) in [6.07, 6.45) is 2.46. The molecule has 2 saturated heterocycles. The molecule has 8 heteroatoms. The molecule has 0 spiro atoms. The third-order valence-electron chi connectivity index (χ3n) is 5.36. The number of aromatic nitrogens is 2. The molecule has 0 N–H and O–H groups in total. The van der Waals surface area contributed by atoms with Crippen molar-refractivity contribution in [3.63, 3.8) is 0 Å². The van der Waals surface area contributed by atoms with Crippen molar-refractivity contribution < 1.29 is 9.59 Å². The number of nitrogens with zero attached hydrogens (tertiary/aromatic N) is 6. The fraction of sp³-hybridized carbons (Fsp3) is 0.611. The van der Waals surface area contributed by atoms with Gasteiger partial charge in [-0.15, -0.1) is 0 Å². The summed E-state index contributed by atoms with van der Waals surface area (Å²) in [6.45, 7) is 1.86. The molecule has 8 nitrogen and oxygen atoms in total. The number of amides is 2. The fourth-order valence-electron chi connectivity index (χ4n) is 3.65. The van der Waals surface area contributed by atoms with Gasteiger partial charge in [-0.25, -0.2) is 9.97 Å². The Morgan fingerprint density at radius 1 is 1.27 bits per heavy atom. The van der Waals surface area contributed by atoms with Gasteiger partial charge in [-0.05, 0) is 12.8 Å². The zero-order valence-electron chi connectivity index (χ0n) is 15.1. The van der Waals surface area contributed by atoms with Crippen molar-refractivity contribution in [1.82, 2.24) is 19.8 Å². The lowest BCUT2D eigenvalue weighted by atomic mass is 10.1. The van der Waals surface area contributed by atoms with Crippen LogP contribution in [-0.2, 0) is 9.59 Å². The highest BCUT2D eigenvalue weighted by molar-refractivity contribution is 5.89. The molecule has 4 rings (SSSR count). The van der Waals surface area contributed by atoms with E-state index in [0.717, 1.165) is 24.5 Å². The molecule has 136 valence electrons. The van der Waals surface area contributed by atoms with E-state index in [4.69, 9.17) is 0 Å². The van der Waals surface area contributed by atoms with Crippen LogP contribution in [0.25, 0.3) is 0 Å². The van der Waals surface area contributed by atoms with Crippen LogP contribution in [0.1, 0.15) is 36.7 Å². The summed E-state index contributed by atoms with van der Waals surface area (Å²) in [5.74, 6) is 1.74. The van der Waals surface area contributed by atoms with Crippen LogP contribution in [0.4, 0.5) is 5.82 Å². The molecule has 1 atom stereocenters. The van der Waals surface area contributed by atoms with E-state index in [1.54, 1.807) is 25.1 Å². The standard InChI is InChI=1S/C18H22N6O2/c1-22(2)18(26)12-5-16(25)24(8-12)14-9-23(10-14)15-6-13(7-19)20-17(21-15)11-3-4-11/h6,11-12,14H,3-5,8-10H2,1-2H3. The van der Waals surface area contributed by atoms with Gasteiger partial charge in [0, 0.05) is 52.1 Å². The Hall–Kier alpha value is -2.69. The van der Waals surface area contributed by atoms with Crippen molar-refractivity contribution >= 4 is 17.6 Å². The molecular formula is C18H22N6O2. The van der Waals surface area contributed by atoms with Gasteiger partial charge in [0.15, 0.2) is 0 Å². The Morgan fingerprint density at radius 2 is 2.00 bits per heavy atom. The predicted molar refractivity (Wildman–Crippen MR) is 93.2 cm³/mol. The Kier molecular flexibility index (Phi) is 4.02. The topological polar surface area (TPSA) is 93.4 Å². The van der Waals surface area contributed by atoms with Gasteiger partial charge in [0.1, 0.15) is 23.4 Å². The second-order valence-electron chi connectivity index (χ2n) is 7.59. The largest absolute Gasteiger partial charge is 0.352 e. The average Bonchev–Trinajstić information content (AvgIpc) is 3.36. The third kappa shape index (κ3) is 2.98. The zero-order chi connectivity index (χ0) is 18.4. The molecule has 0 radical (unpaired) electrons. The Bertz CT molecular complexity index is 791. The van der Waals surface area contributed by atoms with E-state index in [1.807, 2.05) is 4.90 Å². The summed E-state index contributed by atoms with van der Waals surface area (Å²) in [5.41, 5.74) is 0.397. The summed E-state index contributed by atoms with van der Waals surface area (Å²) in [6, 6.07) is 3.93. The van der Waals surface area contributed by atoms with Crippen molar-refractivity contribution in [1.29, 1.82) is 5.26 Å². The van der Waals surface area contributed by atoms with E-state index in [-0.39, 0.29) is 23.8 Å². The van der Waals surface area contributed by atoms with Crippen molar-refractivity contribution in [3.05, 3.63) is 17.6 Å². The number of carbonyl (C=O) groups is 2. The third-order valence-corrected chi connectivity index (χ3v) is 5.36. The second-order valence-corrected chi connectivity index (χ2v) is 7.59. The Labute approximate surface area is 152 Å². The summed E-state index contributed by atoms with van der Waals surface area (Å²) in [5, 5.41) is 9.20. The maximum Gasteiger partial charge on any atom is 0.227 e. The minimum Gasteiger partial charge on any atom is -0.352 e. The Balaban J connectivity index is 1.41.